The number of amides is 1. The van der Waals surface area contributed by atoms with Crippen molar-refractivity contribution >= 4 is 11.6 Å². The van der Waals surface area contributed by atoms with Gasteiger partial charge < -0.3 is 4.90 Å². The van der Waals surface area contributed by atoms with Crippen molar-refractivity contribution in [3.8, 4) is 0 Å². The Balaban J connectivity index is 2.64. The largest absolute Gasteiger partial charge is 0.315 e. The molecule has 2 nitrogen and oxygen atoms in total. The first kappa shape index (κ1) is 10.2. The van der Waals surface area contributed by atoms with Gasteiger partial charge in [-0.1, -0.05) is 31.5 Å². The van der Waals surface area contributed by atoms with E-state index in [4.69, 9.17) is 0 Å². The van der Waals surface area contributed by atoms with Crippen molar-refractivity contribution < 1.29 is 4.79 Å². The molecule has 0 atom stereocenters. The number of aryl methyl sites for hydroxylation is 1. The summed E-state index contributed by atoms with van der Waals surface area (Å²) in [6.45, 7) is 6.36. The van der Waals surface area contributed by atoms with E-state index in [1.165, 1.54) is 11.1 Å². The summed E-state index contributed by atoms with van der Waals surface area (Å²) in [5.41, 5.74) is 3.56. The molecule has 1 aromatic rings. The lowest BCUT2D eigenvalue weighted by Gasteiger charge is -2.37. The molecule has 0 bridgehead atoms. The quantitative estimate of drug-likeness (QED) is 0.634. The zero-order chi connectivity index (χ0) is 11.2. The van der Waals surface area contributed by atoms with E-state index in [0.29, 0.717) is 6.42 Å². The van der Waals surface area contributed by atoms with Crippen molar-refractivity contribution in [2.75, 3.05) is 11.9 Å². The second kappa shape index (κ2) is 3.09. The number of carbonyl (C=O) groups is 1. The zero-order valence-electron chi connectivity index (χ0n) is 9.79. The van der Waals surface area contributed by atoms with Crippen LogP contribution in [0.25, 0.3) is 0 Å². The molecule has 1 aliphatic rings. The SMILES string of the molecule is Cc1ccc2c(c1)C(C)(C)CC(=O)N2C. The predicted octanol–water partition coefficient (Wildman–Crippen LogP) is 2.64. The Kier molecular flexibility index (Phi) is 2.10. The average Bonchev–Trinajstić information content (AvgIpc) is 2.14. The second-order valence-corrected chi connectivity index (χ2v) is 5.03. The molecular weight excluding hydrogens is 186 g/mol. The fraction of sp³-hybridized carbons (Fsp3) is 0.462. The van der Waals surface area contributed by atoms with Crippen LogP contribution in [0.15, 0.2) is 18.2 Å². The van der Waals surface area contributed by atoms with E-state index in [1.54, 1.807) is 4.90 Å². The zero-order valence-corrected chi connectivity index (χ0v) is 9.79. The highest BCUT2D eigenvalue weighted by atomic mass is 16.2. The van der Waals surface area contributed by atoms with E-state index in [2.05, 4.69) is 32.9 Å². The topological polar surface area (TPSA) is 20.3 Å². The van der Waals surface area contributed by atoms with Gasteiger partial charge in [0.15, 0.2) is 0 Å². The minimum atomic E-state index is -0.0368. The summed E-state index contributed by atoms with van der Waals surface area (Å²) in [7, 11) is 1.85. The van der Waals surface area contributed by atoms with Crippen LogP contribution >= 0.6 is 0 Å². The predicted molar refractivity (Wildman–Crippen MR) is 62.2 cm³/mol. The normalized spacial score (nSPS) is 18.9. The van der Waals surface area contributed by atoms with Crippen LogP contribution < -0.4 is 4.90 Å². The molecule has 0 fully saturated rings. The summed E-state index contributed by atoms with van der Waals surface area (Å²) in [6.07, 6.45) is 0.597. The van der Waals surface area contributed by atoms with E-state index < -0.39 is 0 Å². The van der Waals surface area contributed by atoms with Crippen molar-refractivity contribution in [3.63, 3.8) is 0 Å². The molecular formula is C13H17NO. The number of anilines is 1. The van der Waals surface area contributed by atoms with Crippen LogP contribution in [0.5, 0.6) is 0 Å². The molecule has 1 amide bonds. The van der Waals surface area contributed by atoms with Gasteiger partial charge in [0.1, 0.15) is 0 Å². The molecule has 2 heteroatoms. The number of fused-ring (bicyclic) bond motifs is 1. The van der Waals surface area contributed by atoms with Crippen LogP contribution in [0.2, 0.25) is 0 Å². The summed E-state index contributed by atoms with van der Waals surface area (Å²) in [4.78, 5) is 13.5. The first-order valence-electron chi connectivity index (χ1n) is 5.29. The van der Waals surface area contributed by atoms with E-state index in [-0.39, 0.29) is 11.3 Å². The maximum atomic E-state index is 11.8. The van der Waals surface area contributed by atoms with Gasteiger partial charge in [-0.05, 0) is 18.6 Å². The fourth-order valence-electron chi connectivity index (χ4n) is 2.21. The fourth-order valence-corrected chi connectivity index (χ4v) is 2.21. The first-order chi connectivity index (χ1) is 6.92. The van der Waals surface area contributed by atoms with E-state index in [1.807, 2.05) is 13.1 Å². The van der Waals surface area contributed by atoms with Crippen LogP contribution in [0.4, 0.5) is 5.69 Å². The summed E-state index contributed by atoms with van der Waals surface area (Å²) < 4.78 is 0. The molecule has 0 unspecified atom stereocenters. The average molecular weight is 203 g/mol. The van der Waals surface area contributed by atoms with Crippen molar-refractivity contribution in [3.05, 3.63) is 29.3 Å². The molecule has 0 spiro atoms. The number of hydrogen-bond acceptors (Lipinski definition) is 1. The van der Waals surface area contributed by atoms with Gasteiger partial charge in [0.05, 0.1) is 0 Å². The van der Waals surface area contributed by atoms with Crippen LogP contribution in [0.1, 0.15) is 31.4 Å². The molecule has 1 heterocycles. The van der Waals surface area contributed by atoms with Gasteiger partial charge in [-0.25, -0.2) is 0 Å². The lowest BCUT2D eigenvalue weighted by atomic mass is 9.77. The van der Waals surface area contributed by atoms with Crippen molar-refractivity contribution in [2.45, 2.75) is 32.6 Å². The highest BCUT2D eigenvalue weighted by molar-refractivity contribution is 5.97. The number of hydrogen-bond donors (Lipinski definition) is 0. The van der Waals surface area contributed by atoms with Crippen LogP contribution in [-0.4, -0.2) is 13.0 Å². The highest BCUT2D eigenvalue weighted by Crippen LogP contribution is 2.39. The van der Waals surface area contributed by atoms with Gasteiger partial charge in [-0.3, -0.25) is 4.79 Å². The monoisotopic (exact) mass is 203 g/mol. The number of carbonyl (C=O) groups excluding carboxylic acids is 1. The molecule has 1 aliphatic heterocycles. The molecule has 0 aromatic heterocycles. The molecule has 80 valence electrons. The lowest BCUT2D eigenvalue weighted by Crippen LogP contribution is -2.39. The molecule has 0 saturated heterocycles. The molecule has 2 rings (SSSR count). The van der Waals surface area contributed by atoms with Gasteiger partial charge in [0, 0.05) is 24.6 Å². The number of benzene rings is 1. The van der Waals surface area contributed by atoms with Gasteiger partial charge in [0.2, 0.25) is 5.91 Å². The Bertz CT molecular complexity index is 421. The van der Waals surface area contributed by atoms with Gasteiger partial charge in [-0.15, -0.1) is 0 Å². The Hall–Kier alpha value is -1.31. The molecule has 1 aromatic carbocycles. The van der Waals surface area contributed by atoms with Crippen molar-refractivity contribution in [1.82, 2.24) is 0 Å². The minimum Gasteiger partial charge on any atom is -0.315 e. The van der Waals surface area contributed by atoms with Gasteiger partial charge >= 0.3 is 0 Å². The van der Waals surface area contributed by atoms with Crippen molar-refractivity contribution in [1.29, 1.82) is 0 Å². The number of nitrogens with zero attached hydrogens (tertiary/aromatic N) is 1. The maximum Gasteiger partial charge on any atom is 0.227 e. The van der Waals surface area contributed by atoms with Gasteiger partial charge in [-0.2, -0.15) is 0 Å². The third-order valence-electron chi connectivity index (χ3n) is 3.21. The lowest BCUT2D eigenvalue weighted by molar-refractivity contribution is -0.119. The number of rotatable bonds is 0. The smallest absolute Gasteiger partial charge is 0.227 e. The summed E-state index contributed by atoms with van der Waals surface area (Å²) >= 11 is 0. The molecule has 15 heavy (non-hydrogen) atoms. The molecule has 0 N–H and O–H groups in total. The maximum absolute atomic E-state index is 11.8. The third-order valence-corrected chi connectivity index (χ3v) is 3.21. The van der Waals surface area contributed by atoms with E-state index >= 15 is 0 Å². The third kappa shape index (κ3) is 1.54. The Morgan fingerprint density at radius 1 is 1.33 bits per heavy atom. The molecule has 0 radical (unpaired) electrons. The molecule has 0 aliphatic carbocycles. The minimum absolute atomic E-state index is 0.0368. The first-order valence-corrected chi connectivity index (χ1v) is 5.29. The molecule has 0 saturated carbocycles. The van der Waals surface area contributed by atoms with E-state index in [0.717, 1.165) is 5.69 Å². The van der Waals surface area contributed by atoms with Gasteiger partial charge in [0.25, 0.3) is 0 Å². The van der Waals surface area contributed by atoms with Crippen LogP contribution in [-0.2, 0) is 10.2 Å². The Morgan fingerprint density at radius 2 is 2.00 bits per heavy atom. The Labute approximate surface area is 90.9 Å². The van der Waals surface area contributed by atoms with Crippen LogP contribution in [0, 0.1) is 6.92 Å². The Morgan fingerprint density at radius 3 is 2.67 bits per heavy atom. The summed E-state index contributed by atoms with van der Waals surface area (Å²) in [5.74, 6) is 0.205. The summed E-state index contributed by atoms with van der Waals surface area (Å²) in [6, 6.07) is 6.30. The summed E-state index contributed by atoms with van der Waals surface area (Å²) in [5, 5.41) is 0. The highest BCUT2D eigenvalue weighted by Gasteiger charge is 2.34. The van der Waals surface area contributed by atoms with E-state index in [9.17, 15) is 4.79 Å². The standard InChI is InChI=1S/C13H17NO/c1-9-5-6-11-10(7-9)13(2,3)8-12(15)14(11)4/h5-7H,8H2,1-4H3. The van der Waals surface area contributed by atoms with Crippen molar-refractivity contribution in [2.24, 2.45) is 0 Å². The van der Waals surface area contributed by atoms with Crippen LogP contribution in [0.3, 0.4) is 0 Å². The second-order valence-electron chi connectivity index (χ2n) is 5.03.